The predicted octanol–water partition coefficient (Wildman–Crippen LogP) is 7.55. The number of benzene rings is 3. The van der Waals surface area contributed by atoms with Gasteiger partial charge >= 0.3 is 12.2 Å². The molecule has 11 heteroatoms. The maximum Gasteiger partial charge on any atom is 0.416 e. The largest absolute Gasteiger partial charge is 0.462 e. The Bertz CT molecular complexity index is 1400. The van der Waals surface area contributed by atoms with E-state index in [0.29, 0.717) is 28.0 Å². The van der Waals surface area contributed by atoms with E-state index in [1.54, 1.807) is 24.3 Å². The van der Waals surface area contributed by atoms with Crippen LogP contribution >= 0.6 is 23.2 Å². The van der Waals surface area contributed by atoms with Crippen molar-refractivity contribution in [3.8, 4) is 23.1 Å². The van der Waals surface area contributed by atoms with E-state index < -0.39 is 17.6 Å². The Kier molecular flexibility index (Phi) is 7.75. The zero-order chi connectivity index (χ0) is 26.7. The molecular weight excluding hydrogens is 528 g/mol. The first-order chi connectivity index (χ1) is 17.5. The van der Waals surface area contributed by atoms with E-state index in [2.05, 4.69) is 15.4 Å². The topological polar surface area (TPSA) is 69.0 Å². The highest BCUT2D eigenvalue weighted by Gasteiger charge is 2.31. The van der Waals surface area contributed by atoms with Gasteiger partial charge in [0.05, 0.1) is 17.9 Å². The number of alkyl halides is 3. The summed E-state index contributed by atoms with van der Waals surface area (Å²) in [5.41, 5.74) is 0.682. The van der Waals surface area contributed by atoms with Crippen LogP contribution in [0.4, 0.5) is 18.9 Å². The summed E-state index contributed by atoms with van der Waals surface area (Å²) < 4.78 is 47.0. The molecule has 192 valence electrons. The van der Waals surface area contributed by atoms with E-state index in [1.807, 2.05) is 13.8 Å². The molecule has 0 unspecified atom stereocenters. The smallest absolute Gasteiger partial charge is 0.416 e. The molecule has 0 aliphatic carbocycles. The van der Waals surface area contributed by atoms with Gasteiger partial charge in [-0.2, -0.15) is 18.2 Å². The van der Waals surface area contributed by atoms with Crippen LogP contribution in [0.1, 0.15) is 29.8 Å². The zero-order valence-electron chi connectivity index (χ0n) is 19.7. The molecule has 1 heterocycles. The van der Waals surface area contributed by atoms with Crippen molar-refractivity contribution in [2.24, 2.45) is 5.92 Å². The third-order valence-electron chi connectivity index (χ3n) is 5.08. The van der Waals surface area contributed by atoms with Crippen molar-refractivity contribution in [2.45, 2.75) is 20.0 Å². The molecule has 4 rings (SSSR count). The summed E-state index contributed by atoms with van der Waals surface area (Å²) in [6.45, 7) is 4.24. The second kappa shape index (κ2) is 10.8. The summed E-state index contributed by atoms with van der Waals surface area (Å²) in [6.07, 6.45) is -4.51. The number of hydrogen-bond donors (Lipinski definition) is 1. The van der Waals surface area contributed by atoms with Crippen molar-refractivity contribution in [1.82, 2.24) is 14.8 Å². The third kappa shape index (κ3) is 6.61. The highest BCUT2D eigenvalue weighted by atomic mass is 35.5. The van der Waals surface area contributed by atoms with Crippen LogP contribution < -0.4 is 10.1 Å². The fourth-order valence-electron chi connectivity index (χ4n) is 3.37. The molecule has 0 aliphatic heterocycles. The minimum Gasteiger partial charge on any atom is -0.462 e. The molecule has 0 spiro atoms. The standard InChI is InChI=1S/C26H21Cl2F3N4O2/c1-15(2)14-37-25-33-23(16-4-3-5-18(10-16)26(29,30)31)35(34-25)22-8-6-21(7-9-22)32-24(36)17-11-19(27)13-20(28)12-17/h3-13,15H,14H2,1-2H3,(H,32,36). The number of ether oxygens (including phenoxy) is 1. The van der Waals surface area contributed by atoms with Crippen LogP contribution in [-0.4, -0.2) is 27.3 Å². The van der Waals surface area contributed by atoms with Crippen molar-refractivity contribution >= 4 is 34.8 Å². The molecule has 37 heavy (non-hydrogen) atoms. The number of halogens is 5. The Hall–Kier alpha value is -3.56. The summed E-state index contributed by atoms with van der Waals surface area (Å²) in [6, 6.07) is 15.9. The van der Waals surface area contributed by atoms with Crippen molar-refractivity contribution in [3.05, 3.63) is 87.9 Å². The SMILES string of the molecule is CC(C)COc1nc(-c2cccc(C(F)(F)F)c2)n(-c2ccc(NC(=O)c3cc(Cl)cc(Cl)c3)cc2)n1. The van der Waals surface area contributed by atoms with Crippen LogP contribution in [0.3, 0.4) is 0 Å². The minimum atomic E-state index is -4.51. The van der Waals surface area contributed by atoms with Crippen molar-refractivity contribution < 1.29 is 22.7 Å². The molecule has 0 saturated heterocycles. The van der Waals surface area contributed by atoms with E-state index >= 15 is 0 Å². The van der Waals surface area contributed by atoms with Gasteiger partial charge in [0, 0.05) is 26.9 Å². The molecule has 0 fully saturated rings. The van der Waals surface area contributed by atoms with E-state index in [9.17, 15) is 18.0 Å². The second-order valence-electron chi connectivity index (χ2n) is 8.57. The molecule has 0 radical (unpaired) electrons. The Morgan fingerprint density at radius 3 is 2.32 bits per heavy atom. The average molecular weight is 549 g/mol. The Morgan fingerprint density at radius 1 is 1.03 bits per heavy atom. The van der Waals surface area contributed by atoms with Crippen molar-refractivity contribution in [3.63, 3.8) is 0 Å². The number of carbonyl (C=O) groups excluding carboxylic acids is 1. The van der Waals surface area contributed by atoms with E-state index in [1.165, 1.54) is 35.0 Å². The van der Waals surface area contributed by atoms with Crippen LogP contribution in [0.15, 0.2) is 66.7 Å². The van der Waals surface area contributed by atoms with E-state index in [0.717, 1.165) is 12.1 Å². The van der Waals surface area contributed by atoms with Crippen LogP contribution in [0, 0.1) is 5.92 Å². The van der Waals surface area contributed by atoms with Gasteiger partial charge in [0.15, 0.2) is 5.82 Å². The van der Waals surface area contributed by atoms with Gasteiger partial charge in [-0.1, -0.05) is 49.2 Å². The highest BCUT2D eigenvalue weighted by Crippen LogP contribution is 2.33. The first-order valence-electron chi connectivity index (χ1n) is 11.1. The maximum atomic E-state index is 13.3. The lowest BCUT2D eigenvalue weighted by molar-refractivity contribution is -0.137. The molecule has 6 nitrogen and oxygen atoms in total. The quantitative estimate of drug-likeness (QED) is 0.259. The van der Waals surface area contributed by atoms with Crippen LogP contribution in [0.5, 0.6) is 6.01 Å². The predicted molar refractivity (Wildman–Crippen MR) is 137 cm³/mol. The fourth-order valence-corrected chi connectivity index (χ4v) is 3.90. The van der Waals surface area contributed by atoms with Gasteiger partial charge in [0.2, 0.25) is 0 Å². The summed E-state index contributed by atoms with van der Waals surface area (Å²) in [5, 5.41) is 7.77. The van der Waals surface area contributed by atoms with Gasteiger partial charge in [-0.25, -0.2) is 4.68 Å². The summed E-state index contributed by atoms with van der Waals surface area (Å²) in [4.78, 5) is 16.9. The first kappa shape index (κ1) is 26.5. The van der Waals surface area contributed by atoms with Crippen LogP contribution in [0.2, 0.25) is 10.0 Å². The number of rotatable bonds is 7. The summed E-state index contributed by atoms with van der Waals surface area (Å²) >= 11 is 11.9. The molecule has 0 aliphatic rings. The molecule has 1 N–H and O–H groups in total. The molecule has 3 aromatic carbocycles. The molecular formula is C26H21Cl2F3N4O2. The van der Waals surface area contributed by atoms with Gasteiger partial charge in [0.25, 0.3) is 5.91 Å². The van der Waals surface area contributed by atoms with E-state index in [4.69, 9.17) is 27.9 Å². The van der Waals surface area contributed by atoms with Gasteiger partial charge in [-0.05, 0) is 60.5 Å². The number of amides is 1. The lowest BCUT2D eigenvalue weighted by atomic mass is 10.1. The minimum absolute atomic E-state index is 0.0383. The van der Waals surface area contributed by atoms with Gasteiger partial charge in [-0.15, -0.1) is 5.10 Å². The van der Waals surface area contributed by atoms with Gasteiger partial charge in [-0.3, -0.25) is 4.79 Å². The molecule has 4 aromatic rings. The van der Waals surface area contributed by atoms with Crippen molar-refractivity contribution in [2.75, 3.05) is 11.9 Å². The maximum absolute atomic E-state index is 13.3. The first-order valence-corrected chi connectivity index (χ1v) is 11.9. The Balaban J connectivity index is 1.65. The van der Waals surface area contributed by atoms with Gasteiger partial charge in [0.1, 0.15) is 0 Å². The lowest BCUT2D eigenvalue weighted by Gasteiger charge is -2.10. The average Bonchev–Trinajstić information content (AvgIpc) is 3.26. The van der Waals surface area contributed by atoms with Crippen molar-refractivity contribution in [1.29, 1.82) is 0 Å². The third-order valence-corrected chi connectivity index (χ3v) is 5.51. The Labute approximate surface area is 221 Å². The fraction of sp³-hybridized carbons (Fsp3) is 0.192. The molecule has 1 amide bonds. The zero-order valence-corrected chi connectivity index (χ0v) is 21.2. The van der Waals surface area contributed by atoms with Crippen LogP contribution in [0.25, 0.3) is 17.1 Å². The highest BCUT2D eigenvalue weighted by molar-refractivity contribution is 6.35. The number of aromatic nitrogens is 3. The van der Waals surface area contributed by atoms with Crippen LogP contribution in [-0.2, 0) is 6.18 Å². The number of carbonyl (C=O) groups is 1. The number of nitrogens with zero attached hydrogens (tertiary/aromatic N) is 3. The van der Waals surface area contributed by atoms with Gasteiger partial charge < -0.3 is 10.1 Å². The molecule has 0 saturated carbocycles. The molecule has 0 atom stereocenters. The number of nitrogens with one attached hydrogen (secondary N) is 1. The second-order valence-corrected chi connectivity index (χ2v) is 9.45. The molecule has 0 bridgehead atoms. The van der Waals surface area contributed by atoms with E-state index in [-0.39, 0.29) is 28.9 Å². The number of hydrogen-bond acceptors (Lipinski definition) is 4. The molecule has 1 aromatic heterocycles. The number of anilines is 1. The summed E-state index contributed by atoms with van der Waals surface area (Å²) in [7, 11) is 0. The summed E-state index contributed by atoms with van der Waals surface area (Å²) in [5.74, 6) is -0.0385. The lowest BCUT2D eigenvalue weighted by Crippen LogP contribution is -2.12. The Morgan fingerprint density at radius 2 is 1.70 bits per heavy atom. The monoisotopic (exact) mass is 548 g/mol. The normalized spacial score (nSPS) is 11.6.